The van der Waals surface area contributed by atoms with Crippen molar-refractivity contribution in [2.45, 2.75) is 27.2 Å². The largest absolute Gasteiger partial charge is 0.462 e. The van der Waals surface area contributed by atoms with E-state index >= 15 is 0 Å². The van der Waals surface area contributed by atoms with Gasteiger partial charge in [-0.3, -0.25) is 4.79 Å². The quantitative estimate of drug-likeness (QED) is 0.655. The Morgan fingerprint density at radius 1 is 1.18 bits per heavy atom. The van der Waals surface area contributed by atoms with Gasteiger partial charge >= 0.3 is 6.01 Å². The summed E-state index contributed by atoms with van der Waals surface area (Å²) in [7, 11) is 0. The molecule has 0 fully saturated rings. The molecule has 2 aromatic carbocycles. The summed E-state index contributed by atoms with van der Waals surface area (Å²) < 4.78 is 21.6. The summed E-state index contributed by atoms with van der Waals surface area (Å²) in [6.07, 6.45) is 0.402. The van der Waals surface area contributed by atoms with Crippen molar-refractivity contribution in [2.24, 2.45) is 5.92 Å². The first-order valence-electron chi connectivity index (χ1n) is 9.23. The third-order valence-electron chi connectivity index (χ3n) is 3.96. The molecule has 0 aliphatic carbocycles. The Hall–Kier alpha value is -3.22. The maximum absolute atomic E-state index is 14.4. The van der Waals surface area contributed by atoms with Gasteiger partial charge in [0, 0.05) is 12.1 Å². The second kappa shape index (κ2) is 8.65. The molecule has 3 rings (SSSR count). The first-order chi connectivity index (χ1) is 13.5. The fourth-order valence-electron chi connectivity index (χ4n) is 2.53. The van der Waals surface area contributed by atoms with Crippen LogP contribution in [0.2, 0.25) is 0 Å². The molecule has 6 nitrogen and oxygen atoms in total. The second-order valence-corrected chi connectivity index (χ2v) is 6.76. The van der Waals surface area contributed by atoms with E-state index in [0.717, 1.165) is 0 Å². The number of nitrogens with zero attached hydrogens (tertiary/aromatic N) is 3. The SMILES string of the molecule is CCC(=O)Nc1ccc(-n2nc(OCC(C)C)nc2-c2ccccc2F)cc1. The summed E-state index contributed by atoms with van der Waals surface area (Å²) in [6, 6.07) is 13.7. The molecule has 0 unspecified atom stereocenters. The normalized spacial score (nSPS) is 10.9. The standard InChI is InChI=1S/C21H23FN4O2/c1-4-19(27)23-15-9-11-16(12-10-15)26-20(17-7-5-6-8-18(17)22)24-21(25-26)28-13-14(2)3/h5-12,14H,4,13H2,1-3H3,(H,23,27). The van der Waals surface area contributed by atoms with Crippen molar-refractivity contribution in [1.29, 1.82) is 0 Å². The number of halogens is 1. The molecule has 7 heteroatoms. The number of ether oxygens (including phenoxy) is 1. The van der Waals surface area contributed by atoms with Crippen molar-refractivity contribution in [3.05, 3.63) is 54.3 Å². The molecule has 1 heterocycles. The lowest BCUT2D eigenvalue weighted by molar-refractivity contribution is -0.115. The highest BCUT2D eigenvalue weighted by molar-refractivity contribution is 5.90. The van der Waals surface area contributed by atoms with E-state index in [1.807, 2.05) is 13.8 Å². The Labute approximate surface area is 163 Å². The number of carbonyl (C=O) groups is 1. The minimum Gasteiger partial charge on any atom is -0.462 e. The molecule has 0 radical (unpaired) electrons. The fourth-order valence-corrected chi connectivity index (χ4v) is 2.53. The molecule has 146 valence electrons. The van der Waals surface area contributed by atoms with E-state index in [1.54, 1.807) is 54.1 Å². The van der Waals surface area contributed by atoms with Gasteiger partial charge < -0.3 is 10.1 Å². The number of amides is 1. The van der Waals surface area contributed by atoms with Gasteiger partial charge in [-0.15, -0.1) is 5.10 Å². The summed E-state index contributed by atoms with van der Waals surface area (Å²) in [5.41, 5.74) is 1.69. The number of hydrogen-bond acceptors (Lipinski definition) is 4. The van der Waals surface area contributed by atoms with Crippen LogP contribution in [0.4, 0.5) is 10.1 Å². The van der Waals surface area contributed by atoms with Gasteiger partial charge in [-0.25, -0.2) is 9.07 Å². The molecular formula is C21H23FN4O2. The Morgan fingerprint density at radius 3 is 2.54 bits per heavy atom. The number of rotatable bonds is 7. The molecule has 1 amide bonds. The van der Waals surface area contributed by atoms with E-state index in [0.29, 0.717) is 41.7 Å². The average molecular weight is 382 g/mol. The highest BCUT2D eigenvalue weighted by Crippen LogP contribution is 2.26. The zero-order valence-corrected chi connectivity index (χ0v) is 16.1. The summed E-state index contributed by atoms with van der Waals surface area (Å²) >= 11 is 0. The Morgan fingerprint density at radius 2 is 1.89 bits per heavy atom. The average Bonchev–Trinajstić information content (AvgIpc) is 3.11. The molecule has 0 saturated carbocycles. The van der Waals surface area contributed by atoms with E-state index in [1.165, 1.54) is 6.07 Å². The van der Waals surface area contributed by atoms with E-state index in [-0.39, 0.29) is 11.9 Å². The predicted molar refractivity (Wildman–Crippen MR) is 106 cm³/mol. The molecule has 0 bridgehead atoms. The van der Waals surface area contributed by atoms with E-state index < -0.39 is 5.82 Å². The van der Waals surface area contributed by atoms with Crippen molar-refractivity contribution in [1.82, 2.24) is 14.8 Å². The maximum atomic E-state index is 14.4. The summed E-state index contributed by atoms with van der Waals surface area (Å²) in [4.78, 5) is 15.9. The van der Waals surface area contributed by atoms with Gasteiger partial charge in [0.05, 0.1) is 17.9 Å². The van der Waals surface area contributed by atoms with Crippen LogP contribution in [0, 0.1) is 11.7 Å². The molecule has 1 aromatic heterocycles. The first kappa shape index (κ1) is 19.5. The molecular weight excluding hydrogens is 359 g/mol. The van der Waals surface area contributed by atoms with Crippen LogP contribution in [-0.4, -0.2) is 27.3 Å². The molecule has 0 saturated heterocycles. The molecule has 1 N–H and O–H groups in total. The van der Waals surface area contributed by atoms with E-state index in [4.69, 9.17) is 4.74 Å². The minimum absolute atomic E-state index is 0.0649. The summed E-state index contributed by atoms with van der Waals surface area (Å²) in [5.74, 6) is 0.204. The zero-order chi connectivity index (χ0) is 20.1. The van der Waals surface area contributed by atoms with Gasteiger partial charge in [-0.2, -0.15) is 4.98 Å². The summed E-state index contributed by atoms with van der Waals surface area (Å²) in [5, 5.41) is 7.20. The van der Waals surface area contributed by atoms with Crippen LogP contribution in [-0.2, 0) is 4.79 Å². The molecule has 0 aliphatic rings. The van der Waals surface area contributed by atoms with Crippen LogP contribution in [0.25, 0.3) is 17.1 Å². The van der Waals surface area contributed by atoms with Crippen LogP contribution in [0.15, 0.2) is 48.5 Å². The van der Waals surface area contributed by atoms with Crippen molar-refractivity contribution in [2.75, 3.05) is 11.9 Å². The highest BCUT2D eigenvalue weighted by atomic mass is 19.1. The number of benzene rings is 2. The van der Waals surface area contributed by atoms with Gasteiger partial charge in [-0.05, 0) is 42.3 Å². The van der Waals surface area contributed by atoms with Gasteiger partial charge in [0.25, 0.3) is 0 Å². The Kier molecular flexibility index (Phi) is 6.03. The van der Waals surface area contributed by atoms with Crippen LogP contribution >= 0.6 is 0 Å². The number of nitrogens with one attached hydrogen (secondary N) is 1. The van der Waals surface area contributed by atoms with Crippen molar-refractivity contribution in [3.63, 3.8) is 0 Å². The lowest BCUT2D eigenvalue weighted by Gasteiger charge is -2.08. The first-order valence-corrected chi connectivity index (χ1v) is 9.23. The lowest BCUT2D eigenvalue weighted by atomic mass is 10.2. The van der Waals surface area contributed by atoms with Gasteiger partial charge in [0.15, 0.2) is 5.82 Å². The highest BCUT2D eigenvalue weighted by Gasteiger charge is 2.18. The third kappa shape index (κ3) is 4.54. The second-order valence-electron chi connectivity index (χ2n) is 6.76. The Balaban J connectivity index is 1.98. The van der Waals surface area contributed by atoms with Gasteiger partial charge in [0.2, 0.25) is 5.91 Å². The molecule has 3 aromatic rings. The minimum atomic E-state index is -0.390. The molecule has 0 atom stereocenters. The van der Waals surface area contributed by atoms with Crippen LogP contribution in [0.3, 0.4) is 0 Å². The van der Waals surface area contributed by atoms with Crippen molar-refractivity contribution >= 4 is 11.6 Å². The van der Waals surface area contributed by atoms with Crippen LogP contribution < -0.4 is 10.1 Å². The molecule has 28 heavy (non-hydrogen) atoms. The number of anilines is 1. The third-order valence-corrected chi connectivity index (χ3v) is 3.96. The van der Waals surface area contributed by atoms with Crippen LogP contribution in [0.1, 0.15) is 27.2 Å². The number of hydrogen-bond donors (Lipinski definition) is 1. The monoisotopic (exact) mass is 382 g/mol. The van der Waals surface area contributed by atoms with Crippen molar-refractivity contribution < 1.29 is 13.9 Å². The Bertz CT molecular complexity index is 951. The number of carbonyl (C=O) groups excluding carboxylic acids is 1. The fraction of sp³-hybridized carbons (Fsp3) is 0.286. The maximum Gasteiger partial charge on any atom is 0.336 e. The van der Waals surface area contributed by atoms with Crippen LogP contribution in [0.5, 0.6) is 6.01 Å². The predicted octanol–water partition coefficient (Wildman–Crippen LogP) is 4.46. The van der Waals surface area contributed by atoms with Gasteiger partial charge in [0.1, 0.15) is 5.82 Å². The van der Waals surface area contributed by atoms with Gasteiger partial charge in [-0.1, -0.05) is 32.9 Å². The van der Waals surface area contributed by atoms with E-state index in [2.05, 4.69) is 15.4 Å². The zero-order valence-electron chi connectivity index (χ0n) is 16.1. The molecule has 0 spiro atoms. The van der Waals surface area contributed by atoms with E-state index in [9.17, 15) is 9.18 Å². The smallest absolute Gasteiger partial charge is 0.336 e. The lowest BCUT2D eigenvalue weighted by Crippen LogP contribution is -2.09. The summed E-state index contributed by atoms with van der Waals surface area (Å²) in [6.45, 7) is 6.30. The molecule has 0 aliphatic heterocycles. The van der Waals surface area contributed by atoms with Crippen molar-refractivity contribution in [3.8, 4) is 23.1 Å². The topological polar surface area (TPSA) is 69.0 Å². The number of aromatic nitrogens is 3.